The Morgan fingerprint density at radius 2 is 2.10 bits per heavy atom. The number of carbonyl (C=O) groups is 2. The normalized spacial score (nSPS) is 15.4. The van der Waals surface area contributed by atoms with E-state index in [-0.39, 0.29) is 22.9 Å². The number of amides is 2. The highest BCUT2D eigenvalue weighted by Gasteiger charge is 2.32. The Labute approximate surface area is 175 Å². The lowest BCUT2D eigenvalue weighted by Crippen LogP contribution is -2.53. The van der Waals surface area contributed by atoms with Gasteiger partial charge in [-0.15, -0.1) is 6.58 Å². The zero-order valence-corrected chi connectivity index (χ0v) is 16.5. The van der Waals surface area contributed by atoms with Crippen LogP contribution in [0, 0.1) is 10.1 Å². The molecule has 1 fully saturated rings. The van der Waals surface area contributed by atoms with Crippen molar-refractivity contribution in [3.63, 3.8) is 0 Å². The molecule has 2 amide bonds. The lowest BCUT2D eigenvalue weighted by molar-refractivity contribution is -0.387. The lowest BCUT2D eigenvalue weighted by Gasteiger charge is -2.27. The fourth-order valence-electron chi connectivity index (χ4n) is 2.53. The van der Waals surface area contributed by atoms with Crippen molar-refractivity contribution >= 4 is 52.7 Å². The van der Waals surface area contributed by atoms with Crippen LogP contribution in [0.3, 0.4) is 0 Å². The smallest absolute Gasteiger partial charge is 0.283 e. The first-order valence-corrected chi connectivity index (χ1v) is 9.50. The molecule has 10 heteroatoms. The number of nitrogens with one attached hydrogen (secondary N) is 1. The molecule has 1 saturated heterocycles. The highest BCUT2D eigenvalue weighted by molar-refractivity contribution is 7.99. The summed E-state index contributed by atoms with van der Waals surface area (Å²) < 4.78 is 0. The number of nitro benzene ring substituents is 1. The number of carbonyl (C=O) groups excluding carboxylic acids is 2. The molecule has 0 unspecified atom stereocenters. The number of pyridine rings is 1. The van der Waals surface area contributed by atoms with E-state index in [1.807, 2.05) is 0 Å². The van der Waals surface area contributed by atoms with E-state index in [4.69, 9.17) is 12.2 Å². The molecule has 2 aromatic rings. The molecule has 146 valence electrons. The second-order valence-electron chi connectivity index (χ2n) is 5.78. The summed E-state index contributed by atoms with van der Waals surface area (Å²) in [6.07, 6.45) is 4.38. The predicted molar refractivity (Wildman–Crippen MR) is 112 cm³/mol. The minimum atomic E-state index is -0.657. The molecule has 1 aromatic carbocycles. The fourth-order valence-corrected chi connectivity index (χ4v) is 3.64. The van der Waals surface area contributed by atoms with Crippen molar-refractivity contribution in [1.82, 2.24) is 15.2 Å². The van der Waals surface area contributed by atoms with Crippen LogP contribution in [0.4, 0.5) is 5.69 Å². The molecule has 2 heterocycles. The Bertz CT molecular complexity index is 1050. The molecule has 0 bridgehead atoms. The van der Waals surface area contributed by atoms with Gasteiger partial charge in [0.1, 0.15) is 10.6 Å². The van der Waals surface area contributed by atoms with Gasteiger partial charge >= 0.3 is 0 Å². The molecule has 0 atom stereocenters. The maximum Gasteiger partial charge on any atom is 0.283 e. The Kier molecular flexibility index (Phi) is 6.15. The fraction of sp³-hybridized carbons (Fsp3) is 0.0526. The minimum absolute atomic E-state index is 0.00913. The van der Waals surface area contributed by atoms with Crippen LogP contribution in [-0.4, -0.2) is 38.3 Å². The summed E-state index contributed by atoms with van der Waals surface area (Å²) in [7, 11) is 0. The number of benzene rings is 1. The van der Waals surface area contributed by atoms with Crippen LogP contribution in [0.2, 0.25) is 0 Å². The molecule has 1 aromatic heterocycles. The second-order valence-corrected chi connectivity index (χ2v) is 7.22. The van der Waals surface area contributed by atoms with Crippen molar-refractivity contribution in [2.45, 2.75) is 9.92 Å². The topological polar surface area (TPSA) is 105 Å². The summed E-state index contributed by atoms with van der Waals surface area (Å²) in [5.74, 6) is -1.25. The molecule has 0 spiro atoms. The number of hydrogen-bond acceptors (Lipinski definition) is 7. The van der Waals surface area contributed by atoms with E-state index in [2.05, 4.69) is 16.9 Å². The highest BCUT2D eigenvalue weighted by atomic mass is 32.2. The van der Waals surface area contributed by atoms with Crippen LogP contribution in [0.1, 0.15) is 5.56 Å². The maximum atomic E-state index is 12.6. The van der Waals surface area contributed by atoms with Crippen LogP contribution in [0.25, 0.3) is 6.08 Å². The van der Waals surface area contributed by atoms with Crippen molar-refractivity contribution in [3.8, 4) is 0 Å². The van der Waals surface area contributed by atoms with E-state index < -0.39 is 16.7 Å². The summed E-state index contributed by atoms with van der Waals surface area (Å²) in [5.41, 5.74) is 0.0176. The number of hydrogen-bond donors (Lipinski definition) is 1. The summed E-state index contributed by atoms with van der Waals surface area (Å²) in [5, 5.41) is 14.6. The van der Waals surface area contributed by atoms with Gasteiger partial charge in [0.15, 0.2) is 5.11 Å². The molecule has 0 radical (unpaired) electrons. The first kappa shape index (κ1) is 20.4. The summed E-state index contributed by atoms with van der Waals surface area (Å²) >= 11 is 6.15. The predicted octanol–water partition coefficient (Wildman–Crippen LogP) is 2.95. The van der Waals surface area contributed by atoms with Gasteiger partial charge in [-0.3, -0.25) is 29.9 Å². The molecule has 1 aliphatic heterocycles. The molecule has 0 aliphatic carbocycles. The van der Waals surface area contributed by atoms with Gasteiger partial charge in [-0.25, -0.2) is 4.98 Å². The van der Waals surface area contributed by atoms with Gasteiger partial charge in [-0.05, 0) is 42.1 Å². The number of nitro groups is 1. The summed E-state index contributed by atoms with van der Waals surface area (Å²) in [6.45, 7) is 3.69. The van der Waals surface area contributed by atoms with Crippen molar-refractivity contribution in [2.75, 3.05) is 6.54 Å². The zero-order chi connectivity index (χ0) is 21.0. The van der Waals surface area contributed by atoms with Gasteiger partial charge < -0.3 is 0 Å². The molecule has 8 nitrogen and oxygen atoms in total. The van der Waals surface area contributed by atoms with Gasteiger partial charge in [0.2, 0.25) is 0 Å². The van der Waals surface area contributed by atoms with E-state index in [9.17, 15) is 19.7 Å². The molecular formula is C19H14N4O4S2. The largest absolute Gasteiger partial charge is 0.298 e. The van der Waals surface area contributed by atoms with Crippen molar-refractivity contribution in [1.29, 1.82) is 0 Å². The van der Waals surface area contributed by atoms with Gasteiger partial charge in [-0.1, -0.05) is 30.0 Å². The molecule has 3 rings (SSSR count). The van der Waals surface area contributed by atoms with Crippen LogP contribution in [-0.2, 0) is 9.59 Å². The van der Waals surface area contributed by atoms with Gasteiger partial charge in [0, 0.05) is 18.8 Å². The third-order valence-corrected chi connectivity index (χ3v) is 5.18. The van der Waals surface area contributed by atoms with E-state index in [1.165, 1.54) is 23.1 Å². The molecule has 0 saturated carbocycles. The maximum absolute atomic E-state index is 12.6. The van der Waals surface area contributed by atoms with E-state index >= 15 is 0 Å². The van der Waals surface area contributed by atoms with Crippen molar-refractivity contribution in [3.05, 3.63) is 76.5 Å². The second kappa shape index (κ2) is 8.76. The number of aromatic nitrogens is 1. The Balaban J connectivity index is 1.96. The minimum Gasteiger partial charge on any atom is -0.298 e. The number of thiocarbonyl (C=S) groups is 1. The van der Waals surface area contributed by atoms with Crippen LogP contribution < -0.4 is 5.32 Å². The van der Waals surface area contributed by atoms with Gasteiger partial charge in [0.05, 0.1) is 9.82 Å². The average Bonchev–Trinajstić information content (AvgIpc) is 2.70. The summed E-state index contributed by atoms with van der Waals surface area (Å²) in [6, 6.07) is 9.74. The number of nitrogens with zero attached hydrogens (tertiary/aromatic N) is 3. The van der Waals surface area contributed by atoms with E-state index in [0.717, 1.165) is 11.8 Å². The standard InChI is InChI=1S/C19H14N4O4S2/c1-2-9-22-18(25)13(17(24)21-19(22)28)10-12-6-7-15(14(11-12)23(26)27)29-16-5-3-4-8-20-16/h2-8,10-11H,1,9H2,(H,21,24,28)/b13-10+. The molecule has 29 heavy (non-hydrogen) atoms. The van der Waals surface area contributed by atoms with Gasteiger partial charge in [0.25, 0.3) is 17.5 Å². The third-order valence-electron chi connectivity index (χ3n) is 3.84. The van der Waals surface area contributed by atoms with Crippen LogP contribution in [0.5, 0.6) is 0 Å². The van der Waals surface area contributed by atoms with E-state index in [0.29, 0.717) is 15.5 Å². The Hall–Kier alpha value is -3.37. The van der Waals surface area contributed by atoms with Crippen molar-refractivity contribution < 1.29 is 14.5 Å². The molecule has 1 aliphatic rings. The highest BCUT2D eigenvalue weighted by Crippen LogP contribution is 2.34. The summed E-state index contributed by atoms with van der Waals surface area (Å²) in [4.78, 5) is 41.5. The molecular weight excluding hydrogens is 412 g/mol. The Morgan fingerprint density at radius 1 is 1.31 bits per heavy atom. The number of rotatable bonds is 6. The van der Waals surface area contributed by atoms with Crippen LogP contribution in [0.15, 0.2) is 70.7 Å². The third kappa shape index (κ3) is 4.55. The van der Waals surface area contributed by atoms with Crippen molar-refractivity contribution in [2.24, 2.45) is 0 Å². The monoisotopic (exact) mass is 426 g/mol. The average molecular weight is 426 g/mol. The van der Waals surface area contributed by atoms with Gasteiger partial charge in [-0.2, -0.15) is 0 Å². The first-order chi connectivity index (χ1) is 13.9. The zero-order valence-electron chi connectivity index (χ0n) is 14.9. The quantitative estimate of drug-likeness (QED) is 0.189. The molecule has 1 N–H and O–H groups in total. The Morgan fingerprint density at radius 3 is 2.76 bits per heavy atom. The SMILES string of the molecule is C=CCN1C(=O)/C(=C/c2ccc(Sc3ccccn3)c([N+](=O)[O-])c2)C(=O)NC1=S. The van der Waals surface area contributed by atoms with E-state index in [1.54, 1.807) is 36.5 Å². The lowest BCUT2D eigenvalue weighted by atomic mass is 10.1. The first-order valence-electron chi connectivity index (χ1n) is 8.28. The van der Waals surface area contributed by atoms with Crippen LogP contribution >= 0.6 is 24.0 Å².